The Balaban J connectivity index is 1.21. The molecule has 4 unspecified atom stereocenters. The van der Waals surface area contributed by atoms with Gasteiger partial charge < -0.3 is 31.2 Å². The summed E-state index contributed by atoms with van der Waals surface area (Å²) in [6, 6.07) is 0. The first-order valence-corrected chi connectivity index (χ1v) is 16.3. The Morgan fingerprint density at radius 1 is 0.822 bits per heavy atom. The smallest absolute Gasteiger partial charge is 0.387 e. The lowest BCUT2D eigenvalue weighted by molar-refractivity contribution is -0.0598. The predicted octanol–water partition coefficient (Wildman–Crippen LogP) is -2.41. The van der Waals surface area contributed by atoms with Crippen molar-refractivity contribution in [3.05, 3.63) is 29.3 Å². The maximum Gasteiger partial charge on any atom is 0.403 e. The molecule has 0 aromatic carbocycles. The lowest BCUT2D eigenvalue weighted by Crippen LogP contribution is -2.37. The summed E-state index contributed by atoms with van der Waals surface area (Å²) in [5.41, 5.74) is 22.9. The molecule has 4 aromatic rings. The number of aliphatic hydroxyl groups is 2. The molecule has 11 N–H and O–H groups in total. The van der Waals surface area contributed by atoms with Gasteiger partial charge in [-0.2, -0.15) is 4.98 Å². The van der Waals surface area contributed by atoms with Crippen molar-refractivity contribution in [2.45, 2.75) is 49.1 Å². The number of aromatic nitrogens is 8. The third-order valence-electron chi connectivity index (χ3n) is 7.38. The summed E-state index contributed by atoms with van der Waals surface area (Å²) >= 11 is 0. The maximum atomic E-state index is 13.4. The molecular formula is C20H26N12O11P2. The molecule has 7 heterocycles. The van der Waals surface area contributed by atoms with Crippen LogP contribution in [-0.4, -0.2) is 99.1 Å². The monoisotopic (exact) mass is 672 g/mol. The Labute approximate surface area is 249 Å². The van der Waals surface area contributed by atoms with Crippen LogP contribution in [-0.2, 0) is 36.7 Å². The summed E-state index contributed by atoms with van der Waals surface area (Å²) in [4.78, 5) is 34.8. The Hall–Kier alpha value is -3.44. The number of ether oxygens (including phenoxy) is 2. The number of aromatic amines is 1. The summed E-state index contributed by atoms with van der Waals surface area (Å²) in [5.74, 6) is -0.172. The Kier molecular flexibility index (Phi) is 7.27. The molecular weight excluding hydrogens is 646 g/mol. The van der Waals surface area contributed by atoms with Gasteiger partial charge in [0.05, 0.1) is 25.9 Å². The molecule has 0 aliphatic carbocycles. The molecule has 3 aliphatic rings. The molecule has 3 fully saturated rings. The van der Waals surface area contributed by atoms with Gasteiger partial charge in [-0.15, -0.1) is 0 Å². The van der Waals surface area contributed by atoms with E-state index in [2.05, 4.69) is 29.9 Å². The van der Waals surface area contributed by atoms with Gasteiger partial charge in [0.25, 0.3) is 5.56 Å². The number of fused-ring (bicyclic) bond motifs is 5. The number of imidazole rings is 2. The molecule has 23 nitrogen and oxygen atoms in total. The first-order chi connectivity index (χ1) is 21.3. The summed E-state index contributed by atoms with van der Waals surface area (Å²) in [7, 11) is -9.12. The average Bonchev–Trinajstić information content (AvgIpc) is 3.72. The van der Waals surface area contributed by atoms with E-state index in [9.17, 15) is 24.1 Å². The van der Waals surface area contributed by atoms with E-state index in [1.807, 2.05) is 0 Å². The highest BCUT2D eigenvalue weighted by Crippen LogP contribution is 2.51. The molecule has 2 bridgehead atoms. The normalized spacial score (nSPS) is 37.7. The Morgan fingerprint density at radius 2 is 1.44 bits per heavy atom. The number of nitrogens with one attached hydrogen (secondary N) is 1. The van der Waals surface area contributed by atoms with Crippen molar-refractivity contribution in [3.63, 3.8) is 0 Å². The van der Waals surface area contributed by atoms with Crippen molar-refractivity contribution in [1.82, 2.24) is 39.0 Å². The van der Waals surface area contributed by atoms with Crippen LogP contribution < -0.4 is 28.0 Å². The Morgan fingerprint density at radius 3 is 2.18 bits per heavy atom. The number of nitrogens with zero attached hydrogens (tertiary/aromatic N) is 7. The van der Waals surface area contributed by atoms with Crippen LogP contribution in [0.3, 0.4) is 0 Å². The molecule has 0 amide bonds. The van der Waals surface area contributed by atoms with Gasteiger partial charge in [-0.25, -0.2) is 40.1 Å². The van der Waals surface area contributed by atoms with E-state index < -0.39 is 83.3 Å². The van der Waals surface area contributed by atoms with Gasteiger partial charge in [-0.3, -0.25) is 37.0 Å². The largest absolute Gasteiger partial charge is 0.403 e. The van der Waals surface area contributed by atoms with Gasteiger partial charge in [0, 0.05) is 0 Å². The average molecular weight is 672 g/mol. The first kappa shape index (κ1) is 30.2. The van der Waals surface area contributed by atoms with Crippen molar-refractivity contribution in [1.29, 1.82) is 0 Å². The molecule has 25 heteroatoms. The molecule has 45 heavy (non-hydrogen) atoms. The minimum Gasteiger partial charge on any atom is -0.387 e. The van der Waals surface area contributed by atoms with E-state index in [1.165, 1.54) is 21.8 Å². The van der Waals surface area contributed by atoms with Gasteiger partial charge in [-0.1, -0.05) is 0 Å². The summed E-state index contributed by atoms with van der Waals surface area (Å²) in [6.45, 7) is -1.31. The van der Waals surface area contributed by atoms with Crippen LogP contribution in [0.4, 0.5) is 11.8 Å². The number of anilines is 2. The summed E-state index contributed by atoms with van der Waals surface area (Å²) in [5, 5.41) is 22.3. The number of hydrogen-bond donors (Lipinski definition) is 7. The van der Waals surface area contributed by atoms with E-state index >= 15 is 0 Å². The lowest BCUT2D eigenvalue weighted by atomic mass is 10.1. The third kappa shape index (κ3) is 5.31. The van der Waals surface area contributed by atoms with Crippen LogP contribution >= 0.6 is 15.5 Å². The third-order valence-corrected chi connectivity index (χ3v) is 9.48. The van der Waals surface area contributed by atoms with E-state index in [-0.39, 0.29) is 34.1 Å². The molecule has 10 atom stereocenters. The second-order valence-corrected chi connectivity index (χ2v) is 13.4. The summed E-state index contributed by atoms with van der Waals surface area (Å²) < 4.78 is 62.9. The van der Waals surface area contributed by atoms with Crippen LogP contribution in [0.15, 0.2) is 23.8 Å². The highest BCUT2D eigenvalue weighted by molar-refractivity contribution is 7.51. The fourth-order valence-electron chi connectivity index (χ4n) is 5.35. The molecule has 0 spiro atoms. The number of aliphatic hydroxyl groups excluding tert-OH is 2. The van der Waals surface area contributed by atoms with Gasteiger partial charge in [0.1, 0.15) is 48.5 Å². The fourth-order valence-corrected chi connectivity index (χ4v) is 7.35. The quantitative estimate of drug-likeness (QED) is 0.109. The number of rotatable bonds is 2. The van der Waals surface area contributed by atoms with E-state index in [0.717, 1.165) is 6.33 Å². The zero-order valence-electron chi connectivity index (χ0n) is 22.7. The number of nitrogens with two attached hydrogens (primary N) is 4. The molecule has 0 radical (unpaired) electrons. The highest BCUT2D eigenvalue weighted by Gasteiger charge is 2.53. The van der Waals surface area contributed by atoms with Gasteiger partial charge in [0.15, 0.2) is 35.1 Å². The standard InChI is InChI=1S/C20H26N12O11P2/c21-14-8-15(26-3-25-14)31(4-27-8)18-11(34)12-7(41-18)2-39-45(24,37)43-13-10(33)6(1-38-44(23,36)42-12)40-19(13)32-5-28-9-16(32)29-20(22)30-17(9)35/h3-7,10-13,18-19,33-34H,1-2H2,(H2,23,36)(H2,24,37)(H2,21,25,26)(H3,22,29,30,35)/t6-,7-,10?,11?,12+,13+,18-,19-,44?,45?/m1/s1. The maximum absolute atomic E-state index is 13.4. The van der Waals surface area contributed by atoms with E-state index in [4.69, 9.17) is 50.0 Å². The minimum atomic E-state index is -4.58. The van der Waals surface area contributed by atoms with Gasteiger partial charge in [-0.05, 0) is 0 Å². The SMILES string of the molecule is Nc1nc2c(ncn2[C@@H]2O[C@@H]3COP(N)(=O)O[C@@H]4C(O)[C@H](n5cnc6c(N)ncnc65)O[C@@H]4COP(N)(=O)O[C@H]2C3O)c(=O)[nH]1. The van der Waals surface area contributed by atoms with Gasteiger partial charge >= 0.3 is 15.5 Å². The van der Waals surface area contributed by atoms with Gasteiger partial charge in [0.2, 0.25) is 5.95 Å². The fraction of sp³-hybridized carbons (Fsp3) is 0.500. The first-order valence-electron chi connectivity index (χ1n) is 13.1. The second-order valence-electron chi connectivity index (χ2n) is 10.3. The van der Waals surface area contributed by atoms with Crippen LogP contribution in [0.2, 0.25) is 0 Å². The van der Waals surface area contributed by atoms with Crippen molar-refractivity contribution in [2.24, 2.45) is 11.0 Å². The van der Waals surface area contributed by atoms with Crippen molar-refractivity contribution < 1.29 is 46.9 Å². The Bertz CT molecular complexity index is 1940. The number of nitrogen functional groups attached to an aromatic ring is 2. The summed E-state index contributed by atoms with van der Waals surface area (Å²) in [6.07, 6.45) is -7.94. The minimum absolute atomic E-state index is 0.0633. The molecule has 242 valence electrons. The van der Waals surface area contributed by atoms with Crippen molar-refractivity contribution >= 4 is 49.6 Å². The van der Waals surface area contributed by atoms with Crippen LogP contribution in [0, 0.1) is 0 Å². The van der Waals surface area contributed by atoms with E-state index in [0.29, 0.717) is 0 Å². The predicted molar refractivity (Wildman–Crippen MR) is 147 cm³/mol. The molecule has 7 rings (SSSR count). The lowest BCUT2D eigenvalue weighted by Gasteiger charge is -2.26. The highest BCUT2D eigenvalue weighted by atomic mass is 31.2. The van der Waals surface area contributed by atoms with Crippen LogP contribution in [0.5, 0.6) is 0 Å². The molecule has 3 saturated heterocycles. The van der Waals surface area contributed by atoms with Crippen molar-refractivity contribution in [3.8, 4) is 0 Å². The zero-order valence-corrected chi connectivity index (χ0v) is 24.5. The van der Waals surface area contributed by atoms with Crippen molar-refractivity contribution in [2.75, 3.05) is 24.7 Å². The van der Waals surface area contributed by atoms with Crippen LogP contribution in [0.25, 0.3) is 22.3 Å². The topological polar surface area (TPSA) is 341 Å². The zero-order chi connectivity index (χ0) is 31.8. The number of hydrogen-bond acceptors (Lipinski definition) is 18. The second kappa shape index (κ2) is 10.8. The van der Waals surface area contributed by atoms with E-state index in [1.54, 1.807) is 0 Å². The number of H-pyrrole nitrogens is 1. The molecule has 3 aliphatic heterocycles. The van der Waals surface area contributed by atoms with Crippen LogP contribution in [0.1, 0.15) is 12.5 Å². The molecule has 4 aromatic heterocycles. The molecule has 0 saturated carbocycles.